The first-order valence-electron chi connectivity index (χ1n) is 5.28. The Kier molecular flexibility index (Phi) is 4.39. The molecule has 0 aliphatic rings. The minimum absolute atomic E-state index is 0.00175. The maximum Gasteiger partial charge on any atom is 0.101 e. The molecular weight excluding hydrogens is 198 g/mol. The highest BCUT2D eigenvalue weighted by atomic mass is 35.5. The third kappa shape index (κ3) is 2.47. The Labute approximate surface area is 90.4 Å². The standard InChI is InChI=1S/C10H18ClN3/c1-4-8(5-2)14-7-10(12-13-14)9(11)6-3/h7-9H,4-6H2,1-3H3. The van der Waals surface area contributed by atoms with Gasteiger partial charge in [-0.3, -0.25) is 0 Å². The summed E-state index contributed by atoms with van der Waals surface area (Å²) in [5.41, 5.74) is 0.890. The zero-order chi connectivity index (χ0) is 10.6. The second kappa shape index (κ2) is 5.35. The first-order valence-corrected chi connectivity index (χ1v) is 5.72. The summed E-state index contributed by atoms with van der Waals surface area (Å²) in [5.74, 6) is 0. The van der Waals surface area contributed by atoms with E-state index in [9.17, 15) is 0 Å². The third-order valence-electron chi connectivity index (χ3n) is 2.52. The smallest absolute Gasteiger partial charge is 0.101 e. The fraction of sp³-hybridized carbons (Fsp3) is 0.800. The summed E-state index contributed by atoms with van der Waals surface area (Å²) in [6, 6.07) is 0.456. The van der Waals surface area contributed by atoms with Crippen LogP contribution in [0.3, 0.4) is 0 Å². The van der Waals surface area contributed by atoms with E-state index in [4.69, 9.17) is 11.6 Å². The third-order valence-corrected chi connectivity index (χ3v) is 3.06. The van der Waals surface area contributed by atoms with Crippen molar-refractivity contribution in [1.82, 2.24) is 15.0 Å². The van der Waals surface area contributed by atoms with Crippen LogP contribution in [0.4, 0.5) is 0 Å². The predicted octanol–water partition coefficient (Wildman–Crippen LogP) is 3.33. The number of rotatable bonds is 5. The van der Waals surface area contributed by atoms with Crippen molar-refractivity contribution in [1.29, 1.82) is 0 Å². The molecule has 0 aromatic carbocycles. The number of halogens is 1. The number of alkyl halides is 1. The van der Waals surface area contributed by atoms with E-state index in [-0.39, 0.29) is 5.38 Å². The summed E-state index contributed by atoms with van der Waals surface area (Å²) >= 11 is 6.08. The Morgan fingerprint density at radius 3 is 2.43 bits per heavy atom. The van der Waals surface area contributed by atoms with E-state index in [1.807, 2.05) is 17.8 Å². The van der Waals surface area contributed by atoms with Crippen molar-refractivity contribution in [2.75, 3.05) is 0 Å². The summed E-state index contributed by atoms with van der Waals surface area (Å²) in [4.78, 5) is 0. The molecule has 1 atom stereocenters. The Balaban J connectivity index is 2.76. The fourth-order valence-electron chi connectivity index (χ4n) is 1.48. The van der Waals surface area contributed by atoms with E-state index in [1.165, 1.54) is 0 Å². The number of hydrogen-bond acceptors (Lipinski definition) is 2. The van der Waals surface area contributed by atoms with Crippen LogP contribution in [-0.4, -0.2) is 15.0 Å². The van der Waals surface area contributed by atoms with Crippen LogP contribution in [0.1, 0.15) is 57.1 Å². The molecule has 0 aliphatic heterocycles. The predicted molar refractivity (Wildman–Crippen MR) is 58.5 cm³/mol. The summed E-state index contributed by atoms with van der Waals surface area (Å²) in [5, 5.41) is 8.19. The molecule has 0 fully saturated rings. The molecule has 14 heavy (non-hydrogen) atoms. The second-order valence-electron chi connectivity index (χ2n) is 3.47. The molecule has 0 saturated heterocycles. The molecule has 0 radical (unpaired) electrons. The molecule has 3 nitrogen and oxygen atoms in total. The van der Waals surface area contributed by atoms with Crippen LogP contribution in [0.5, 0.6) is 0 Å². The zero-order valence-electron chi connectivity index (χ0n) is 9.07. The van der Waals surface area contributed by atoms with Crippen molar-refractivity contribution < 1.29 is 0 Å². The lowest BCUT2D eigenvalue weighted by molar-refractivity contribution is 0.418. The fourth-order valence-corrected chi connectivity index (χ4v) is 1.58. The van der Waals surface area contributed by atoms with Crippen LogP contribution in [0.2, 0.25) is 0 Å². The van der Waals surface area contributed by atoms with Gasteiger partial charge in [0, 0.05) is 0 Å². The molecule has 80 valence electrons. The maximum atomic E-state index is 6.08. The van der Waals surface area contributed by atoms with Gasteiger partial charge in [0.1, 0.15) is 5.69 Å². The molecule has 0 N–H and O–H groups in total. The Hall–Kier alpha value is -0.570. The van der Waals surface area contributed by atoms with Crippen molar-refractivity contribution in [3.8, 4) is 0 Å². The largest absolute Gasteiger partial charge is 0.249 e. The average Bonchev–Trinajstić information content (AvgIpc) is 2.68. The topological polar surface area (TPSA) is 30.7 Å². The highest BCUT2D eigenvalue weighted by molar-refractivity contribution is 6.20. The van der Waals surface area contributed by atoms with Gasteiger partial charge in [-0.15, -0.1) is 16.7 Å². The molecule has 0 spiro atoms. The molecule has 0 saturated carbocycles. The summed E-state index contributed by atoms with van der Waals surface area (Å²) in [6.07, 6.45) is 5.03. The van der Waals surface area contributed by atoms with Crippen LogP contribution in [0.15, 0.2) is 6.20 Å². The van der Waals surface area contributed by atoms with E-state index in [2.05, 4.69) is 24.2 Å². The van der Waals surface area contributed by atoms with Crippen molar-refractivity contribution >= 4 is 11.6 Å². The van der Waals surface area contributed by atoms with Gasteiger partial charge in [-0.1, -0.05) is 26.0 Å². The summed E-state index contributed by atoms with van der Waals surface area (Å²) < 4.78 is 1.93. The van der Waals surface area contributed by atoms with Gasteiger partial charge >= 0.3 is 0 Å². The van der Waals surface area contributed by atoms with Gasteiger partial charge in [-0.25, -0.2) is 4.68 Å². The number of aromatic nitrogens is 3. The van der Waals surface area contributed by atoms with Gasteiger partial charge in [-0.05, 0) is 19.3 Å². The molecule has 0 amide bonds. The second-order valence-corrected chi connectivity index (χ2v) is 4.00. The molecule has 0 aliphatic carbocycles. The Bertz CT molecular complexity index is 268. The van der Waals surface area contributed by atoms with E-state index in [1.54, 1.807) is 0 Å². The van der Waals surface area contributed by atoms with Gasteiger partial charge in [0.2, 0.25) is 0 Å². The lowest BCUT2D eigenvalue weighted by Gasteiger charge is -2.10. The lowest BCUT2D eigenvalue weighted by atomic mass is 10.2. The van der Waals surface area contributed by atoms with E-state index < -0.39 is 0 Å². The van der Waals surface area contributed by atoms with Gasteiger partial charge in [0.15, 0.2) is 0 Å². The zero-order valence-corrected chi connectivity index (χ0v) is 9.83. The molecular formula is C10H18ClN3. The maximum absolute atomic E-state index is 6.08. The monoisotopic (exact) mass is 215 g/mol. The van der Waals surface area contributed by atoms with E-state index in [0.29, 0.717) is 6.04 Å². The quantitative estimate of drug-likeness (QED) is 0.706. The number of nitrogens with zero attached hydrogens (tertiary/aromatic N) is 3. The Morgan fingerprint density at radius 2 is 1.93 bits per heavy atom. The molecule has 1 unspecified atom stereocenters. The van der Waals surface area contributed by atoms with Crippen molar-refractivity contribution in [3.63, 3.8) is 0 Å². The average molecular weight is 216 g/mol. The molecule has 1 rings (SSSR count). The van der Waals surface area contributed by atoms with Gasteiger partial charge < -0.3 is 0 Å². The van der Waals surface area contributed by atoms with Crippen LogP contribution in [-0.2, 0) is 0 Å². The molecule has 4 heteroatoms. The molecule has 1 aromatic heterocycles. The van der Waals surface area contributed by atoms with E-state index >= 15 is 0 Å². The van der Waals surface area contributed by atoms with Crippen LogP contribution >= 0.6 is 11.6 Å². The normalized spacial score (nSPS) is 13.5. The van der Waals surface area contributed by atoms with Crippen molar-refractivity contribution in [2.45, 2.75) is 51.5 Å². The Morgan fingerprint density at radius 1 is 1.29 bits per heavy atom. The van der Waals surface area contributed by atoms with Crippen molar-refractivity contribution in [2.24, 2.45) is 0 Å². The van der Waals surface area contributed by atoms with Crippen LogP contribution < -0.4 is 0 Å². The van der Waals surface area contributed by atoms with Crippen LogP contribution in [0.25, 0.3) is 0 Å². The molecule has 0 bridgehead atoms. The van der Waals surface area contributed by atoms with Gasteiger partial charge in [0.25, 0.3) is 0 Å². The highest BCUT2D eigenvalue weighted by Gasteiger charge is 2.13. The van der Waals surface area contributed by atoms with Crippen molar-refractivity contribution in [3.05, 3.63) is 11.9 Å². The molecule has 1 aromatic rings. The minimum Gasteiger partial charge on any atom is -0.249 e. The first-order chi connectivity index (χ1) is 6.72. The SMILES string of the molecule is CCC(Cl)c1cn(C(CC)CC)nn1. The lowest BCUT2D eigenvalue weighted by Crippen LogP contribution is -2.07. The highest BCUT2D eigenvalue weighted by Crippen LogP contribution is 2.23. The van der Waals surface area contributed by atoms with Crippen LogP contribution in [0, 0.1) is 0 Å². The van der Waals surface area contributed by atoms with Gasteiger partial charge in [0.05, 0.1) is 17.6 Å². The summed E-state index contributed by atoms with van der Waals surface area (Å²) in [7, 11) is 0. The van der Waals surface area contributed by atoms with E-state index in [0.717, 1.165) is 25.0 Å². The molecule has 1 heterocycles. The minimum atomic E-state index is -0.00175. The number of hydrogen-bond donors (Lipinski definition) is 0. The first kappa shape index (κ1) is 11.5. The summed E-state index contributed by atoms with van der Waals surface area (Å²) in [6.45, 7) is 6.37. The van der Waals surface area contributed by atoms with Gasteiger partial charge in [-0.2, -0.15) is 0 Å².